The van der Waals surface area contributed by atoms with Gasteiger partial charge in [0.2, 0.25) is 15.9 Å². The third-order valence-electron chi connectivity index (χ3n) is 4.60. The van der Waals surface area contributed by atoms with E-state index in [1.807, 2.05) is 0 Å². The number of hydrogen-bond acceptors (Lipinski definition) is 4. The van der Waals surface area contributed by atoms with Crippen molar-refractivity contribution in [3.63, 3.8) is 0 Å². The summed E-state index contributed by atoms with van der Waals surface area (Å²) < 4.78 is 56.4. The van der Waals surface area contributed by atoms with E-state index < -0.39 is 22.5 Å². The predicted octanol–water partition coefficient (Wildman–Crippen LogP) is 4.11. The van der Waals surface area contributed by atoms with Crippen molar-refractivity contribution in [1.82, 2.24) is 4.31 Å². The molecule has 0 aromatic heterocycles. The van der Waals surface area contributed by atoms with Crippen LogP contribution in [0.1, 0.15) is 24.8 Å². The van der Waals surface area contributed by atoms with Gasteiger partial charge in [0.25, 0.3) is 0 Å². The van der Waals surface area contributed by atoms with Crippen LogP contribution in [-0.4, -0.2) is 38.3 Å². The summed E-state index contributed by atoms with van der Waals surface area (Å²) >= 11 is 0. The standard InChI is InChI=1S/C21H22F2N2O4S/c22-21(23)29-19-10-3-2-7-16(19)11-12-20(26)24-17-8-6-9-18(15-17)30(27,28)25-13-4-1-5-14-25/h2-3,6-12,15,21H,1,4-5,13-14H2,(H,24,26)/b12-11+. The van der Waals surface area contributed by atoms with Crippen LogP contribution in [0, 0.1) is 0 Å². The van der Waals surface area contributed by atoms with Crippen LogP contribution >= 0.6 is 0 Å². The Morgan fingerprint density at radius 2 is 1.80 bits per heavy atom. The number of nitrogens with zero attached hydrogens (tertiary/aromatic N) is 1. The van der Waals surface area contributed by atoms with Gasteiger partial charge in [-0.2, -0.15) is 13.1 Å². The van der Waals surface area contributed by atoms with Crippen molar-refractivity contribution in [1.29, 1.82) is 0 Å². The van der Waals surface area contributed by atoms with Crippen molar-refractivity contribution in [2.24, 2.45) is 0 Å². The van der Waals surface area contributed by atoms with Crippen LogP contribution in [-0.2, 0) is 14.8 Å². The summed E-state index contributed by atoms with van der Waals surface area (Å²) in [6.45, 7) is -2.00. The molecular formula is C21H22F2N2O4S. The monoisotopic (exact) mass is 436 g/mol. The number of alkyl halides is 2. The number of benzene rings is 2. The minimum Gasteiger partial charge on any atom is -0.434 e. The Hall–Kier alpha value is -2.78. The molecule has 9 heteroatoms. The molecule has 6 nitrogen and oxygen atoms in total. The van der Waals surface area contributed by atoms with Crippen LogP contribution in [0.15, 0.2) is 59.5 Å². The Balaban J connectivity index is 1.71. The molecule has 2 aromatic carbocycles. The Bertz CT molecular complexity index is 1020. The van der Waals surface area contributed by atoms with E-state index in [2.05, 4.69) is 10.1 Å². The summed E-state index contributed by atoms with van der Waals surface area (Å²) in [5.74, 6) is -0.583. The largest absolute Gasteiger partial charge is 0.434 e. The minimum atomic E-state index is -3.62. The van der Waals surface area contributed by atoms with Crippen molar-refractivity contribution in [2.75, 3.05) is 18.4 Å². The summed E-state index contributed by atoms with van der Waals surface area (Å²) in [5.41, 5.74) is 0.634. The van der Waals surface area contributed by atoms with Gasteiger partial charge in [-0.3, -0.25) is 4.79 Å². The molecule has 0 radical (unpaired) electrons. The minimum absolute atomic E-state index is 0.0498. The van der Waals surface area contributed by atoms with E-state index in [-0.39, 0.29) is 10.6 Å². The third-order valence-corrected chi connectivity index (χ3v) is 6.50. The van der Waals surface area contributed by atoms with Crippen LogP contribution in [0.3, 0.4) is 0 Å². The fourth-order valence-electron chi connectivity index (χ4n) is 3.16. The molecule has 1 N–H and O–H groups in total. The van der Waals surface area contributed by atoms with Gasteiger partial charge < -0.3 is 10.1 Å². The Morgan fingerprint density at radius 3 is 2.53 bits per heavy atom. The molecule has 0 aliphatic carbocycles. The van der Waals surface area contributed by atoms with E-state index in [4.69, 9.17) is 0 Å². The van der Waals surface area contributed by atoms with Crippen molar-refractivity contribution < 1.29 is 26.7 Å². The second-order valence-corrected chi connectivity index (χ2v) is 8.67. The Morgan fingerprint density at radius 1 is 1.07 bits per heavy atom. The fraction of sp³-hybridized carbons (Fsp3) is 0.286. The highest BCUT2D eigenvalue weighted by Gasteiger charge is 2.26. The maximum Gasteiger partial charge on any atom is 0.387 e. The predicted molar refractivity (Wildman–Crippen MR) is 110 cm³/mol. The first kappa shape index (κ1) is 21.9. The number of rotatable bonds is 7. The zero-order chi connectivity index (χ0) is 21.6. The van der Waals surface area contributed by atoms with Crippen LogP contribution in [0.25, 0.3) is 6.08 Å². The van der Waals surface area contributed by atoms with Gasteiger partial charge in [0.1, 0.15) is 5.75 Å². The number of amides is 1. The molecule has 0 spiro atoms. The highest BCUT2D eigenvalue weighted by atomic mass is 32.2. The van der Waals surface area contributed by atoms with Crippen molar-refractivity contribution in [3.8, 4) is 5.75 Å². The first-order chi connectivity index (χ1) is 14.4. The summed E-state index contributed by atoms with van der Waals surface area (Å²) in [7, 11) is -3.62. The molecule has 2 aromatic rings. The Kier molecular flexibility index (Phi) is 7.17. The number of carbonyl (C=O) groups excluding carboxylic acids is 1. The lowest BCUT2D eigenvalue weighted by Crippen LogP contribution is -2.35. The van der Waals surface area contributed by atoms with E-state index >= 15 is 0 Å². The second-order valence-electron chi connectivity index (χ2n) is 6.73. The van der Waals surface area contributed by atoms with E-state index in [1.54, 1.807) is 24.3 Å². The molecule has 1 aliphatic heterocycles. The number of hydrogen-bond donors (Lipinski definition) is 1. The first-order valence-corrected chi connectivity index (χ1v) is 10.9. The van der Waals surface area contributed by atoms with E-state index in [0.29, 0.717) is 24.3 Å². The van der Waals surface area contributed by atoms with Crippen molar-refractivity contribution in [2.45, 2.75) is 30.8 Å². The van der Waals surface area contributed by atoms with E-state index in [9.17, 15) is 22.0 Å². The van der Waals surface area contributed by atoms with Gasteiger partial charge in [0.05, 0.1) is 4.90 Å². The molecule has 1 saturated heterocycles. The number of ether oxygens (including phenoxy) is 1. The summed E-state index contributed by atoms with van der Waals surface area (Å²) in [4.78, 5) is 12.3. The van der Waals surface area contributed by atoms with E-state index in [0.717, 1.165) is 19.3 Å². The molecule has 0 unspecified atom stereocenters. The molecule has 1 amide bonds. The average Bonchev–Trinajstić information content (AvgIpc) is 2.73. The topological polar surface area (TPSA) is 75.7 Å². The molecule has 0 saturated carbocycles. The molecular weight excluding hydrogens is 414 g/mol. The van der Waals surface area contributed by atoms with Crippen molar-refractivity contribution in [3.05, 3.63) is 60.2 Å². The smallest absolute Gasteiger partial charge is 0.387 e. The molecule has 0 atom stereocenters. The van der Waals surface area contributed by atoms with E-state index in [1.165, 1.54) is 40.7 Å². The molecule has 160 valence electrons. The number of para-hydroxylation sites is 1. The number of nitrogens with one attached hydrogen (secondary N) is 1. The third kappa shape index (κ3) is 5.64. The van der Waals surface area contributed by atoms with Gasteiger partial charge in [-0.1, -0.05) is 30.7 Å². The molecule has 30 heavy (non-hydrogen) atoms. The highest BCUT2D eigenvalue weighted by molar-refractivity contribution is 7.89. The number of piperidine rings is 1. The summed E-state index contributed by atoms with van der Waals surface area (Å²) in [5, 5.41) is 2.59. The van der Waals surface area contributed by atoms with Crippen molar-refractivity contribution >= 4 is 27.7 Å². The lowest BCUT2D eigenvalue weighted by Gasteiger charge is -2.26. The maximum atomic E-state index is 12.8. The fourth-order valence-corrected chi connectivity index (χ4v) is 4.72. The SMILES string of the molecule is O=C(/C=C/c1ccccc1OC(F)F)Nc1cccc(S(=O)(=O)N2CCCCC2)c1. The van der Waals surface area contributed by atoms with Gasteiger partial charge in [0.15, 0.2) is 0 Å². The highest BCUT2D eigenvalue weighted by Crippen LogP contribution is 2.24. The Labute approximate surface area is 174 Å². The average molecular weight is 436 g/mol. The zero-order valence-corrected chi connectivity index (χ0v) is 16.9. The van der Waals surface area contributed by atoms with Crippen LogP contribution in [0.2, 0.25) is 0 Å². The second kappa shape index (κ2) is 9.82. The number of halogens is 2. The van der Waals surface area contributed by atoms with Gasteiger partial charge in [-0.05, 0) is 43.2 Å². The molecule has 0 bridgehead atoms. The van der Waals surface area contributed by atoms with Gasteiger partial charge in [-0.25, -0.2) is 8.42 Å². The normalized spacial score (nSPS) is 15.4. The lowest BCUT2D eigenvalue weighted by atomic mass is 10.2. The molecule has 3 rings (SSSR count). The van der Waals surface area contributed by atoms with Crippen LogP contribution in [0.5, 0.6) is 5.75 Å². The lowest BCUT2D eigenvalue weighted by molar-refractivity contribution is -0.111. The number of anilines is 1. The zero-order valence-electron chi connectivity index (χ0n) is 16.1. The van der Waals surface area contributed by atoms with Gasteiger partial charge >= 0.3 is 6.61 Å². The maximum absolute atomic E-state index is 12.8. The van der Waals surface area contributed by atoms with Crippen LogP contribution in [0.4, 0.5) is 14.5 Å². The number of carbonyl (C=O) groups is 1. The van der Waals surface area contributed by atoms with Gasteiger partial charge in [0, 0.05) is 30.4 Å². The molecule has 1 aliphatic rings. The summed E-state index contributed by atoms with van der Waals surface area (Å²) in [6, 6.07) is 12.1. The summed E-state index contributed by atoms with van der Waals surface area (Å²) in [6.07, 6.45) is 5.19. The van der Waals surface area contributed by atoms with Crippen LogP contribution < -0.4 is 10.1 Å². The number of sulfonamides is 1. The molecule has 1 heterocycles. The quantitative estimate of drug-likeness (QED) is 0.663. The molecule has 1 fully saturated rings. The van der Waals surface area contributed by atoms with Gasteiger partial charge in [-0.15, -0.1) is 0 Å². The first-order valence-electron chi connectivity index (χ1n) is 9.49.